The van der Waals surface area contributed by atoms with Crippen molar-refractivity contribution >= 4 is 22.5 Å². The van der Waals surface area contributed by atoms with Gasteiger partial charge >= 0.3 is 0 Å². The Morgan fingerprint density at radius 2 is 2.33 bits per heavy atom. The predicted molar refractivity (Wildman–Crippen MR) is 72.3 cm³/mol. The summed E-state index contributed by atoms with van der Waals surface area (Å²) in [6.45, 7) is 3.96. The van der Waals surface area contributed by atoms with Gasteiger partial charge in [-0.3, -0.25) is 9.89 Å². The second-order valence-electron chi connectivity index (χ2n) is 4.51. The number of anilines is 1. The lowest BCUT2D eigenvalue weighted by molar-refractivity contribution is -0.117. The van der Waals surface area contributed by atoms with Gasteiger partial charge in [-0.15, -0.1) is 0 Å². The molecule has 1 heterocycles. The van der Waals surface area contributed by atoms with Crippen molar-refractivity contribution in [3.63, 3.8) is 0 Å². The fraction of sp³-hybridized carbons (Fsp3) is 0.385. The molecule has 1 aromatic heterocycles. The second-order valence-corrected chi connectivity index (χ2v) is 4.51. The van der Waals surface area contributed by atoms with E-state index in [0.717, 1.165) is 28.6 Å². The number of rotatable bonds is 4. The van der Waals surface area contributed by atoms with Gasteiger partial charge in [0.15, 0.2) is 0 Å². The molecule has 1 unspecified atom stereocenters. The van der Waals surface area contributed by atoms with E-state index in [2.05, 4.69) is 15.5 Å². The second kappa shape index (κ2) is 5.18. The number of aryl methyl sites for hydroxylation is 1. The third kappa shape index (κ3) is 2.51. The number of carbonyl (C=O) groups excluding carboxylic acids is 1. The number of benzene rings is 1. The molecule has 2 rings (SSSR count). The molecule has 5 heteroatoms. The SMILES string of the molecule is CCCC(N)C(=O)Nc1cc2[nH]ncc2cc1C. The monoisotopic (exact) mass is 246 g/mol. The minimum atomic E-state index is -0.452. The molecule has 0 saturated carbocycles. The molecular formula is C13H18N4O. The van der Waals surface area contributed by atoms with Crippen LogP contribution in [0.25, 0.3) is 10.9 Å². The van der Waals surface area contributed by atoms with Gasteiger partial charge in [0.1, 0.15) is 0 Å². The Kier molecular flexibility index (Phi) is 3.62. The van der Waals surface area contributed by atoms with Crippen LogP contribution in [0.15, 0.2) is 18.3 Å². The lowest BCUT2D eigenvalue weighted by Gasteiger charge is -2.13. The number of carbonyl (C=O) groups is 1. The molecule has 18 heavy (non-hydrogen) atoms. The first-order valence-electron chi connectivity index (χ1n) is 6.12. The van der Waals surface area contributed by atoms with E-state index in [1.165, 1.54) is 0 Å². The number of hydrogen-bond donors (Lipinski definition) is 3. The Hall–Kier alpha value is -1.88. The zero-order valence-corrected chi connectivity index (χ0v) is 10.7. The Labute approximate surface area is 106 Å². The van der Waals surface area contributed by atoms with Crippen molar-refractivity contribution in [2.75, 3.05) is 5.32 Å². The molecule has 0 spiro atoms. The van der Waals surface area contributed by atoms with Gasteiger partial charge < -0.3 is 11.1 Å². The first-order chi connectivity index (χ1) is 8.61. The molecule has 0 aliphatic heterocycles. The fourth-order valence-corrected chi connectivity index (χ4v) is 1.91. The topological polar surface area (TPSA) is 83.8 Å². The summed E-state index contributed by atoms with van der Waals surface area (Å²) in [7, 11) is 0. The molecule has 0 saturated heterocycles. The Bertz CT molecular complexity index is 561. The summed E-state index contributed by atoms with van der Waals surface area (Å²) >= 11 is 0. The number of amides is 1. The Morgan fingerprint density at radius 1 is 1.56 bits per heavy atom. The maximum absolute atomic E-state index is 11.9. The normalized spacial score (nSPS) is 12.6. The highest BCUT2D eigenvalue weighted by Crippen LogP contribution is 2.22. The molecule has 5 nitrogen and oxygen atoms in total. The maximum Gasteiger partial charge on any atom is 0.241 e. The Balaban J connectivity index is 2.20. The molecule has 1 atom stereocenters. The Morgan fingerprint density at radius 3 is 3.06 bits per heavy atom. The van der Waals surface area contributed by atoms with Crippen LogP contribution in [-0.4, -0.2) is 22.1 Å². The number of aromatic amines is 1. The maximum atomic E-state index is 11.9. The first-order valence-corrected chi connectivity index (χ1v) is 6.12. The van der Waals surface area contributed by atoms with E-state index in [-0.39, 0.29) is 5.91 Å². The lowest BCUT2D eigenvalue weighted by atomic mass is 10.1. The molecule has 0 radical (unpaired) electrons. The van der Waals surface area contributed by atoms with Crippen LogP contribution in [0.4, 0.5) is 5.69 Å². The van der Waals surface area contributed by atoms with Crippen molar-refractivity contribution in [3.05, 3.63) is 23.9 Å². The minimum Gasteiger partial charge on any atom is -0.324 e. The standard InChI is InChI=1S/C13H18N4O/c1-3-4-10(14)13(18)16-11-6-12-9(5-8(11)2)7-15-17-12/h5-7,10H,3-4,14H2,1-2H3,(H,15,17)(H,16,18). The molecule has 4 N–H and O–H groups in total. The highest BCUT2D eigenvalue weighted by Gasteiger charge is 2.13. The number of nitrogens with zero attached hydrogens (tertiary/aromatic N) is 1. The van der Waals surface area contributed by atoms with E-state index in [4.69, 9.17) is 5.73 Å². The highest BCUT2D eigenvalue weighted by atomic mass is 16.2. The predicted octanol–water partition coefficient (Wildman–Crippen LogP) is 1.94. The van der Waals surface area contributed by atoms with Crippen molar-refractivity contribution in [1.29, 1.82) is 0 Å². The van der Waals surface area contributed by atoms with Crippen molar-refractivity contribution in [1.82, 2.24) is 10.2 Å². The number of nitrogens with two attached hydrogens (primary N) is 1. The lowest BCUT2D eigenvalue weighted by Crippen LogP contribution is -2.35. The molecule has 2 aromatic rings. The first kappa shape index (κ1) is 12.6. The number of H-pyrrole nitrogens is 1. The van der Waals surface area contributed by atoms with Crippen LogP contribution in [0.5, 0.6) is 0 Å². The third-order valence-corrected chi connectivity index (χ3v) is 2.98. The quantitative estimate of drug-likeness (QED) is 0.770. The summed E-state index contributed by atoms with van der Waals surface area (Å²) in [5.74, 6) is -0.140. The van der Waals surface area contributed by atoms with Gasteiger partial charge in [0.05, 0.1) is 17.8 Å². The summed E-state index contributed by atoms with van der Waals surface area (Å²) in [5, 5.41) is 10.7. The molecule has 0 aliphatic rings. The van der Waals surface area contributed by atoms with E-state index in [1.54, 1.807) is 6.20 Å². The molecule has 1 amide bonds. The summed E-state index contributed by atoms with van der Waals surface area (Å²) in [5.41, 5.74) is 8.47. The van der Waals surface area contributed by atoms with Gasteiger partial charge in [0.2, 0.25) is 5.91 Å². The van der Waals surface area contributed by atoms with Crippen molar-refractivity contribution < 1.29 is 4.79 Å². The zero-order chi connectivity index (χ0) is 13.1. The van der Waals surface area contributed by atoms with Crippen molar-refractivity contribution in [3.8, 4) is 0 Å². The van der Waals surface area contributed by atoms with Gasteiger partial charge in [-0.05, 0) is 31.0 Å². The fourth-order valence-electron chi connectivity index (χ4n) is 1.91. The van der Waals surface area contributed by atoms with Crippen LogP contribution in [0, 0.1) is 6.92 Å². The summed E-state index contributed by atoms with van der Waals surface area (Å²) in [6.07, 6.45) is 3.35. The van der Waals surface area contributed by atoms with E-state index in [1.807, 2.05) is 26.0 Å². The number of aromatic nitrogens is 2. The van der Waals surface area contributed by atoms with E-state index in [9.17, 15) is 4.79 Å². The van der Waals surface area contributed by atoms with Gasteiger partial charge in [-0.1, -0.05) is 13.3 Å². The van der Waals surface area contributed by atoms with Gasteiger partial charge in [-0.2, -0.15) is 5.10 Å². The number of hydrogen-bond acceptors (Lipinski definition) is 3. The van der Waals surface area contributed by atoms with Crippen LogP contribution in [-0.2, 0) is 4.79 Å². The largest absolute Gasteiger partial charge is 0.324 e. The summed E-state index contributed by atoms with van der Waals surface area (Å²) < 4.78 is 0. The zero-order valence-electron chi connectivity index (χ0n) is 10.7. The molecule has 1 aromatic carbocycles. The van der Waals surface area contributed by atoms with Crippen LogP contribution in [0.2, 0.25) is 0 Å². The van der Waals surface area contributed by atoms with Gasteiger partial charge in [0.25, 0.3) is 0 Å². The van der Waals surface area contributed by atoms with Gasteiger partial charge in [0, 0.05) is 11.1 Å². The van der Waals surface area contributed by atoms with Gasteiger partial charge in [-0.25, -0.2) is 0 Å². The minimum absolute atomic E-state index is 0.140. The molecular weight excluding hydrogens is 228 g/mol. The number of fused-ring (bicyclic) bond motifs is 1. The number of nitrogens with one attached hydrogen (secondary N) is 2. The van der Waals surface area contributed by atoms with E-state index >= 15 is 0 Å². The van der Waals surface area contributed by atoms with Crippen LogP contribution < -0.4 is 11.1 Å². The molecule has 96 valence electrons. The third-order valence-electron chi connectivity index (χ3n) is 2.98. The highest BCUT2D eigenvalue weighted by molar-refractivity contribution is 5.97. The average Bonchev–Trinajstić information content (AvgIpc) is 2.76. The van der Waals surface area contributed by atoms with Crippen LogP contribution in [0.1, 0.15) is 25.3 Å². The van der Waals surface area contributed by atoms with Crippen molar-refractivity contribution in [2.45, 2.75) is 32.7 Å². The summed E-state index contributed by atoms with van der Waals surface area (Å²) in [6, 6.07) is 3.42. The summed E-state index contributed by atoms with van der Waals surface area (Å²) in [4.78, 5) is 11.9. The molecule has 0 bridgehead atoms. The van der Waals surface area contributed by atoms with Crippen LogP contribution >= 0.6 is 0 Å². The van der Waals surface area contributed by atoms with E-state index in [0.29, 0.717) is 6.42 Å². The molecule has 0 fully saturated rings. The van der Waals surface area contributed by atoms with Crippen LogP contribution in [0.3, 0.4) is 0 Å². The molecule has 0 aliphatic carbocycles. The van der Waals surface area contributed by atoms with E-state index < -0.39 is 6.04 Å². The smallest absolute Gasteiger partial charge is 0.241 e. The van der Waals surface area contributed by atoms with Crippen molar-refractivity contribution in [2.24, 2.45) is 5.73 Å². The average molecular weight is 246 g/mol.